The molecule has 0 aliphatic rings. The fourth-order valence-electron chi connectivity index (χ4n) is 0.960. The van der Waals surface area contributed by atoms with Gasteiger partial charge in [0.1, 0.15) is 0 Å². The minimum atomic E-state index is -0.00299. The molecule has 6 heteroatoms. The van der Waals surface area contributed by atoms with Crippen molar-refractivity contribution in [2.45, 2.75) is 0 Å². The van der Waals surface area contributed by atoms with E-state index in [0.29, 0.717) is 15.8 Å². The highest BCUT2D eigenvalue weighted by Gasteiger charge is 2.13. The number of rotatable bonds is 2. The SMILES string of the molecule is COc1cc(Br)c(Br)c(C=NN)c1O. The fraction of sp³-hybridized carbons (Fsp3) is 0.125. The van der Waals surface area contributed by atoms with Gasteiger partial charge in [0.15, 0.2) is 11.5 Å². The Balaban J connectivity index is 3.44. The number of halogens is 2. The minimum absolute atomic E-state index is 0.00299. The molecule has 1 aromatic carbocycles. The van der Waals surface area contributed by atoms with Crippen molar-refractivity contribution in [1.82, 2.24) is 0 Å². The average Bonchev–Trinajstić information content (AvgIpc) is 2.18. The summed E-state index contributed by atoms with van der Waals surface area (Å²) in [6, 6.07) is 1.65. The number of aromatic hydroxyl groups is 1. The zero-order valence-electron chi connectivity index (χ0n) is 7.29. The number of nitrogens with two attached hydrogens (primary N) is 1. The van der Waals surface area contributed by atoms with E-state index in [1.165, 1.54) is 13.3 Å². The molecule has 0 radical (unpaired) electrons. The number of ether oxygens (including phenoxy) is 1. The molecule has 0 heterocycles. The van der Waals surface area contributed by atoms with Gasteiger partial charge in [-0.3, -0.25) is 0 Å². The molecule has 0 amide bonds. The van der Waals surface area contributed by atoms with Crippen molar-refractivity contribution in [2.24, 2.45) is 10.9 Å². The van der Waals surface area contributed by atoms with Gasteiger partial charge >= 0.3 is 0 Å². The van der Waals surface area contributed by atoms with Crippen molar-refractivity contribution in [3.8, 4) is 11.5 Å². The first kappa shape index (κ1) is 11.3. The molecule has 14 heavy (non-hydrogen) atoms. The summed E-state index contributed by atoms with van der Waals surface area (Å²) >= 11 is 6.59. The van der Waals surface area contributed by atoms with Crippen LogP contribution in [0.2, 0.25) is 0 Å². The number of nitrogens with zero attached hydrogens (tertiary/aromatic N) is 1. The summed E-state index contributed by atoms with van der Waals surface area (Å²) in [4.78, 5) is 0. The van der Waals surface area contributed by atoms with Crippen LogP contribution < -0.4 is 10.6 Å². The fourth-order valence-corrected chi connectivity index (χ4v) is 1.79. The molecular formula is C8H8Br2N2O2. The molecule has 3 N–H and O–H groups in total. The lowest BCUT2D eigenvalue weighted by atomic mass is 10.2. The topological polar surface area (TPSA) is 67.8 Å². The van der Waals surface area contributed by atoms with Crippen LogP contribution in [0.25, 0.3) is 0 Å². The van der Waals surface area contributed by atoms with Crippen LogP contribution in [0.15, 0.2) is 20.1 Å². The maximum Gasteiger partial charge on any atom is 0.167 e. The molecule has 0 aromatic heterocycles. The van der Waals surface area contributed by atoms with Crippen LogP contribution in [0, 0.1) is 0 Å². The van der Waals surface area contributed by atoms with Gasteiger partial charge < -0.3 is 15.7 Å². The summed E-state index contributed by atoms with van der Waals surface area (Å²) in [6.07, 6.45) is 1.34. The van der Waals surface area contributed by atoms with Gasteiger partial charge in [-0.1, -0.05) is 0 Å². The van der Waals surface area contributed by atoms with Crippen molar-refractivity contribution >= 4 is 38.1 Å². The number of phenolic OH excluding ortho intramolecular Hbond substituents is 1. The van der Waals surface area contributed by atoms with Gasteiger partial charge in [0, 0.05) is 8.95 Å². The maximum absolute atomic E-state index is 9.70. The number of hydrogen-bond donors (Lipinski definition) is 2. The standard InChI is InChI=1S/C8H8Br2N2O2/c1-14-6-2-5(9)7(10)4(3-12-11)8(6)13/h2-3,13H,11H2,1H3. The van der Waals surface area contributed by atoms with Crippen molar-refractivity contribution in [2.75, 3.05) is 7.11 Å². The van der Waals surface area contributed by atoms with E-state index >= 15 is 0 Å². The van der Waals surface area contributed by atoms with Crippen LogP contribution >= 0.6 is 31.9 Å². The lowest BCUT2D eigenvalue weighted by Crippen LogP contribution is -1.93. The van der Waals surface area contributed by atoms with Crippen LogP contribution in [-0.4, -0.2) is 18.4 Å². The highest BCUT2D eigenvalue weighted by molar-refractivity contribution is 9.13. The molecule has 0 atom stereocenters. The van der Waals surface area contributed by atoms with Crippen molar-refractivity contribution in [3.05, 3.63) is 20.6 Å². The van der Waals surface area contributed by atoms with E-state index in [1.54, 1.807) is 6.07 Å². The molecule has 0 spiro atoms. The van der Waals surface area contributed by atoms with E-state index in [0.717, 1.165) is 4.47 Å². The Morgan fingerprint density at radius 2 is 2.21 bits per heavy atom. The summed E-state index contributed by atoms with van der Waals surface area (Å²) in [6.45, 7) is 0. The van der Waals surface area contributed by atoms with Crippen LogP contribution in [0.4, 0.5) is 0 Å². The van der Waals surface area contributed by atoms with Crippen molar-refractivity contribution < 1.29 is 9.84 Å². The molecule has 0 fully saturated rings. The molecule has 0 aliphatic carbocycles. The van der Waals surface area contributed by atoms with E-state index in [-0.39, 0.29) is 5.75 Å². The Bertz CT molecular complexity index is 380. The Labute approximate surface area is 98.0 Å². The first-order chi connectivity index (χ1) is 6.61. The van der Waals surface area contributed by atoms with Crippen LogP contribution in [0.1, 0.15) is 5.56 Å². The summed E-state index contributed by atoms with van der Waals surface area (Å²) < 4.78 is 6.39. The quantitative estimate of drug-likeness (QED) is 0.498. The van der Waals surface area contributed by atoms with E-state index in [9.17, 15) is 5.11 Å². The first-order valence-corrected chi connectivity index (χ1v) is 5.18. The van der Waals surface area contributed by atoms with Gasteiger partial charge in [-0.2, -0.15) is 5.10 Å². The van der Waals surface area contributed by atoms with Gasteiger partial charge in [-0.15, -0.1) is 0 Å². The number of hydrazone groups is 1. The third-order valence-electron chi connectivity index (χ3n) is 1.62. The third kappa shape index (κ3) is 2.01. The Morgan fingerprint density at radius 1 is 1.57 bits per heavy atom. The lowest BCUT2D eigenvalue weighted by molar-refractivity contribution is 0.372. The van der Waals surface area contributed by atoms with Crippen LogP contribution in [0.3, 0.4) is 0 Å². The van der Waals surface area contributed by atoms with E-state index < -0.39 is 0 Å². The van der Waals surface area contributed by atoms with Gasteiger partial charge in [-0.05, 0) is 37.9 Å². The second-order valence-corrected chi connectivity index (χ2v) is 4.06. The van der Waals surface area contributed by atoms with E-state index in [4.69, 9.17) is 10.6 Å². The molecule has 0 aliphatic heterocycles. The molecule has 0 saturated heterocycles. The number of methoxy groups -OCH3 is 1. The summed E-state index contributed by atoms with van der Waals surface area (Å²) in [5.74, 6) is 5.37. The van der Waals surface area contributed by atoms with Gasteiger partial charge in [-0.25, -0.2) is 0 Å². The number of hydrogen-bond acceptors (Lipinski definition) is 4. The predicted octanol–water partition coefficient (Wildman–Crippen LogP) is 2.22. The molecule has 1 rings (SSSR count). The average molecular weight is 324 g/mol. The van der Waals surface area contributed by atoms with Crippen LogP contribution in [-0.2, 0) is 0 Å². The van der Waals surface area contributed by atoms with Crippen LogP contribution in [0.5, 0.6) is 11.5 Å². The second kappa shape index (κ2) is 4.65. The highest BCUT2D eigenvalue weighted by atomic mass is 79.9. The largest absolute Gasteiger partial charge is 0.504 e. The normalized spacial score (nSPS) is 10.8. The summed E-state index contributed by atoms with van der Waals surface area (Å²) in [5.41, 5.74) is 0.471. The summed E-state index contributed by atoms with van der Waals surface area (Å²) in [5, 5.41) is 13.1. The second-order valence-electron chi connectivity index (χ2n) is 2.42. The van der Waals surface area contributed by atoms with Gasteiger partial charge in [0.2, 0.25) is 0 Å². The monoisotopic (exact) mass is 322 g/mol. The highest BCUT2D eigenvalue weighted by Crippen LogP contribution is 2.39. The molecule has 0 bridgehead atoms. The van der Waals surface area contributed by atoms with Crippen molar-refractivity contribution in [1.29, 1.82) is 0 Å². The Morgan fingerprint density at radius 3 is 2.71 bits per heavy atom. The zero-order valence-corrected chi connectivity index (χ0v) is 10.5. The summed E-state index contributed by atoms with van der Waals surface area (Å²) in [7, 11) is 1.47. The van der Waals surface area contributed by atoms with Crippen molar-refractivity contribution in [3.63, 3.8) is 0 Å². The lowest BCUT2D eigenvalue weighted by Gasteiger charge is -2.09. The molecule has 0 saturated carbocycles. The Hall–Kier alpha value is -0.750. The zero-order chi connectivity index (χ0) is 10.7. The van der Waals surface area contributed by atoms with E-state index in [2.05, 4.69) is 37.0 Å². The minimum Gasteiger partial charge on any atom is -0.504 e. The smallest absolute Gasteiger partial charge is 0.167 e. The first-order valence-electron chi connectivity index (χ1n) is 3.60. The van der Waals surface area contributed by atoms with E-state index in [1.807, 2.05) is 0 Å². The predicted molar refractivity (Wildman–Crippen MR) is 61.8 cm³/mol. The Kier molecular flexibility index (Phi) is 3.77. The molecule has 1 aromatic rings. The third-order valence-corrected chi connectivity index (χ3v) is 3.63. The van der Waals surface area contributed by atoms with Gasteiger partial charge in [0.25, 0.3) is 0 Å². The molecular weight excluding hydrogens is 316 g/mol. The molecule has 76 valence electrons. The number of phenols is 1. The van der Waals surface area contributed by atoms with Gasteiger partial charge in [0.05, 0.1) is 18.9 Å². The number of benzene rings is 1. The molecule has 0 unspecified atom stereocenters. The molecule has 4 nitrogen and oxygen atoms in total. The maximum atomic E-state index is 9.70.